The van der Waals surface area contributed by atoms with E-state index in [9.17, 15) is 9.59 Å². The molecule has 6 heteroatoms. The van der Waals surface area contributed by atoms with Crippen LogP contribution in [0.15, 0.2) is 35.8 Å². The number of rotatable bonds is 4. The molecule has 27 heavy (non-hydrogen) atoms. The molecule has 0 spiro atoms. The average Bonchev–Trinajstić information content (AvgIpc) is 2.97. The summed E-state index contributed by atoms with van der Waals surface area (Å²) in [4.78, 5) is 35.4. The number of thiophene rings is 1. The van der Waals surface area contributed by atoms with Crippen LogP contribution in [0.5, 0.6) is 0 Å². The number of fused-ring (bicyclic) bond motifs is 4. The van der Waals surface area contributed by atoms with E-state index in [0.717, 1.165) is 37.8 Å². The summed E-state index contributed by atoms with van der Waals surface area (Å²) >= 11 is 1.67. The lowest BCUT2D eigenvalue weighted by atomic mass is 9.94. The number of pyridine rings is 1. The van der Waals surface area contributed by atoms with Crippen molar-refractivity contribution >= 4 is 23.2 Å². The quantitative estimate of drug-likeness (QED) is 0.812. The summed E-state index contributed by atoms with van der Waals surface area (Å²) in [5.41, 5.74) is 1.29. The molecule has 0 radical (unpaired) electrons. The molecule has 0 saturated carbocycles. The Bertz CT molecular complexity index is 820. The van der Waals surface area contributed by atoms with E-state index in [-0.39, 0.29) is 17.9 Å². The van der Waals surface area contributed by atoms with Crippen LogP contribution in [0.3, 0.4) is 0 Å². The van der Waals surface area contributed by atoms with E-state index in [1.165, 1.54) is 4.88 Å². The predicted octanol–water partition coefficient (Wildman–Crippen LogP) is 3.47. The maximum Gasteiger partial charge on any atom is 0.272 e. The van der Waals surface area contributed by atoms with Gasteiger partial charge in [0.1, 0.15) is 5.69 Å². The second-order valence-corrected chi connectivity index (χ2v) is 8.53. The molecule has 3 aliphatic rings. The molecule has 2 aromatic heterocycles. The fourth-order valence-electron chi connectivity index (χ4n) is 4.18. The molecular formula is C21H25N3O2S. The molecule has 2 amide bonds. The van der Waals surface area contributed by atoms with E-state index in [1.54, 1.807) is 23.6 Å². The second-order valence-electron chi connectivity index (χ2n) is 7.53. The van der Waals surface area contributed by atoms with E-state index >= 15 is 0 Å². The third-order valence-corrected chi connectivity index (χ3v) is 6.54. The van der Waals surface area contributed by atoms with Gasteiger partial charge >= 0.3 is 0 Å². The normalized spacial score (nSPS) is 22.0. The maximum atomic E-state index is 13.1. The number of carbonyl (C=O) groups is 2. The molecule has 2 unspecified atom stereocenters. The molecule has 3 aliphatic heterocycles. The van der Waals surface area contributed by atoms with Crippen molar-refractivity contribution in [1.82, 2.24) is 14.8 Å². The standard InChI is InChI=1S/C21H25N3O2S/c1-2-5-18-10-16(14-27-18)20(25)24-12-15-7-8-17(24)13-23(11-15)21(26)19-6-3-4-9-22-19/h3-4,6,9-10,14-15,17H,2,5,7-8,11-13H2,1H3. The SMILES string of the molecule is CCCc1cc(C(=O)N2CC3CCC2CN(C(=O)c2ccccn2)C3)cs1. The monoisotopic (exact) mass is 383 g/mol. The fourth-order valence-corrected chi connectivity index (χ4v) is 5.15. The summed E-state index contributed by atoms with van der Waals surface area (Å²) in [6, 6.07) is 7.56. The van der Waals surface area contributed by atoms with Gasteiger partial charge in [-0.05, 0) is 43.4 Å². The Hall–Kier alpha value is -2.21. The lowest BCUT2D eigenvalue weighted by molar-refractivity contribution is 0.0574. The zero-order valence-corrected chi connectivity index (χ0v) is 16.5. The molecule has 0 aliphatic carbocycles. The van der Waals surface area contributed by atoms with Gasteiger partial charge < -0.3 is 9.80 Å². The lowest BCUT2D eigenvalue weighted by Crippen LogP contribution is -2.47. The molecule has 5 rings (SSSR count). The van der Waals surface area contributed by atoms with Gasteiger partial charge in [0.2, 0.25) is 0 Å². The smallest absolute Gasteiger partial charge is 0.272 e. The van der Waals surface area contributed by atoms with Crippen LogP contribution in [-0.4, -0.2) is 52.3 Å². The number of hydrogen-bond donors (Lipinski definition) is 0. The third kappa shape index (κ3) is 3.76. The van der Waals surface area contributed by atoms with Crippen molar-refractivity contribution in [3.8, 4) is 0 Å². The Kier molecular flexibility index (Phi) is 5.25. The highest BCUT2D eigenvalue weighted by Crippen LogP contribution is 2.30. The first kappa shape index (κ1) is 18.2. The van der Waals surface area contributed by atoms with Crippen molar-refractivity contribution in [2.24, 2.45) is 5.92 Å². The van der Waals surface area contributed by atoms with E-state index < -0.39 is 0 Å². The molecule has 2 aromatic rings. The minimum absolute atomic E-state index is 0.0254. The average molecular weight is 384 g/mol. The molecular weight excluding hydrogens is 358 g/mol. The topological polar surface area (TPSA) is 53.5 Å². The molecule has 5 nitrogen and oxygen atoms in total. The van der Waals surface area contributed by atoms with Crippen LogP contribution in [0, 0.1) is 5.92 Å². The van der Waals surface area contributed by atoms with E-state index in [1.807, 2.05) is 33.4 Å². The van der Waals surface area contributed by atoms with Crippen LogP contribution in [0.1, 0.15) is 51.9 Å². The number of hydrogen-bond acceptors (Lipinski definition) is 4. The zero-order chi connectivity index (χ0) is 18.8. The van der Waals surface area contributed by atoms with Crippen LogP contribution in [0.4, 0.5) is 0 Å². The van der Waals surface area contributed by atoms with Gasteiger partial charge in [0, 0.05) is 42.1 Å². The van der Waals surface area contributed by atoms with E-state index in [0.29, 0.717) is 24.7 Å². The predicted molar refractivity (Wildman–Crippen MR) is 106 cm³/mol. The molecule has 142 valence electrons. The van der Waals surface area contributed by atoms with Crippen molar-refractivity contribution < 1.29 is 9.59 Å². The van der Waals surface area contributed by atoms with Gasteiger partial charge in [-0.1, -0.05) is 19.4 Å². The molecule has 2 bridgehead atoms. The second kappa shape index (κ2) is 7.80. The number of aromatic nitrogens is 1. The lowest BCUT2D eigenvalue weighted by Gasteiger charge is -2.35. The van der Waals surface area contributed by atoms with Crippen molar-refractivity contribution in [2.45, 2.75) is 38.6 Å². The van der Waals surface area contributed by atoms with Crippen LogP contribution < -0.4 is 0 Å². The van der Waals surface area contributed by atoms with Gasteiger partial charge in [0.15, 0.2) is 0 Å². The zero-order valence-electron chi connectivity index (χ0n) is 15.6. The van der Waals surface area contributed by atoms with E-state index in [4.69, 9.17) is 0 Å². The minimum Gasteiger partial charge on any atom is -0.335 e. The summed E-state index contributed by atoms with van der Waals surface area (Å²) in [7, 11) is 0. The fraction of sp³-hybridized carbons (Fsp3) is 0.476. The molecule has 5 heterocycles. The van der Waals surface area contributed by atoms with Crippen molar-refractivity contribution in [1.29, 1.82) is 0 Å². The minimum atomic E-state index is -0.0254. The van der Waals surface area contributed by atoms with Crippen molar-refractivity contribution in [3.63, 3.8) is 0 Å². The van der Waals surface area contributed by atoms with Crippen LogP contribution in [-0.2, 0) is 6.42 Å². The molecule has 3 fully saturated rings. The summed E-state index contributed by atoms with van der Waals surface area (Å²) in [5.74, 6) is 0.437. The Morgan fingerprint density at radius 1 is 1.19 bits per heavy atom. The largest absolute Gasteiger partial charge is 0.335 e. The summed E-state index contributed by atoms with van der Waals surface area (Å²) in [6.07, 6.45) is 5.81. The Labute approximate surface area is 164 Å². The molecule has 0 aromatic carbocycles. The van der Waals surface area contributed by atoms with Gasteiger partial charge in [-0.25, -0.2) is 0 Å². The number of aryl methyl sites for hydroxylation is 1. The van der Waals surface area contributed by atoms with Crippen LogP contribution in [0.2, 0.25) is 0 Å². The molecule has 2 atom stereocenters. The number of amides is 2. The highest BCUT2D eigenvalue weighted by Gasteiger charge is 2.39. The van der Waals surface area contributed by atoms with Crippen molar-refractivity contribution in [3.05, 3.63) is 52.0 Å². The first-order valence-corrected chi connectivity index (χ1v) is 10.6. The van der Waals surface area contributed by atoms with Gasteiger partial charge in [-0.3, -0.25) is 14.6 Å². The van der Waals surface area contributed by atoms with Gasteiger partial charge in [0.05, 0.1) is 5.56 Å². The van der Waals surface area contributed by atoms with Crippen LogP contribution in [0.25, 0.3) is 0 Å². The summed E-state index contributed by atoms with van der Waals surface area (Å²) < 4.78 is 0. The number of piperidine rings is 1. The first-order valence-electron chi connectivity index (χ1n) is 9.74. The summed E-state index contributed by atoms with van der Waals surface area (Å²) in [5, 5.41) is 1.99. The molecule has 0 N–H and O–H groups in total. The Morgan fingerprint density at radius 3 is 2.85 bits per heavy atom. The highest BCUT2D eigenvalue weighted by molar-refractivity contribution is 7.10. The van der Waals surface area contributed by atoms with Gasteiger partial charge in [-0.2, -0.15) is 0 Å². The number of carbonyl (C=O) groups excluding carboxylic acids is 2. The maximum absolute atomic E-state index is 13.1. The first-order chi connectivity index (χ1) is 13.2. The Balaban J connectivity index is 1.51. The van der Waals surface area contributed by atoms with Crippen LogP contribution >= 0.6 is 11.3 Å². The van der Waals surface area contributed by atoms with Gasteiger partial charge in [0.25, 0.3) is 11.8 Å². The number of nitrogens with zero attached hydrogens (tertiary/aromatic N) is 3. The summed E-state index contributed by atoms with van der Waals surface area (Å²) in [6.45, 7) is 4.21. The van der Waals surface area contributed by atoms with Crippen molar-refractivity contribution in [2.75, 3.05) is 19.6 Å². The highest BCUT2D eigenvalue weighted by atomic mass is 32.1. The third-order valence-electron chi connectivity index (χ3n) is 5.54. The van der Waals surface area contributed by atoms with Gasteiger partial charge in [-0.15, -0.1) is 11.3 Å². The molecule has 3 saturated heterocycles. The van der Waals surface area contributed by atoms with E-state index in [2.05, 4.69) is 11.9 Å². The Morgan fingerprint density at radius 2 is 2.07 bits per heavy atom.